The summed E-state index contributed by atoms with van der Waals surface area (Å²) in [4.78, 5) is 20.9. The molecule has 0 amide bonds. The Kier molecular flexibility index (Phi) is 4.04. The van der Waals surface area contributed by atoms with Crippen molar-refractivity contribution in [3.63, 3.8) is 0 Å². The smallest absolute Gasteiger partial charge is 0.371 e. The third-order valence-electron chi connectivity index (χ3n) is 2.38. The van der Waals surface area contributed by atoms with Gasteiger partial charge < -0.3 is 14.3 Å². The van der Waals surface area contributed by atoms with Crippen LogP contribution >= 0.6 is 15.9 Å². The van der Waals surface area contributed by atoms with Gasteiger partial charge in [0.15, 0.2) is 0 Å². The van der Waals surface area contributed by atoms with E-state index in [1.165, 1.54) is 24.3 Å². The van der Waals surface area contributed by atoms with Gasteiger partial charge in [-0.3, -0.25) is 10.1 Å². The first-order valence-corrected chi connectivity index (χ1v) is 6.16. The molecule has 1 N–H and O–H groups in total. The number of nitro benzene ring substituents is 1. The molecule has 0 saturated carbocycles. The number of benzene rings is 1. The van der Waals surface area contributed by atoms with Gasteiger partial charge in [0.25, 0.3) is 5.69 Å². The van der Waals surface area contributed by atoms with Gasteiger partial charge in [0.1, 0.15) is 22.6 Å². The second kappa shape index (κ2) is 5.74. The van der Waals surface area contributed by atoms with E-state index in [2.05, 4.69) is 15.9 Å². The van der Waals surface area contributed by atoms with Crippen LogP contribution in [-0.2, 0) is 6.61 Å². The van der Waals surface area contributed by atoms with Gasteiger partial charge in [-0.15, -0.1) is 0 Å². The Morgan fingerprint density at radius 2 is 2.15 bits per heavy atom. The summed E-state index contributed by atoms with van der Waals surface area (Å²) >= 11 is 3.09. The van der Waals surface area contributed by atoms with Crippen molar-refractivity contribution in [2.75, 3.05) is 0 Å². The minimum Gasteiger partial charge on any atom is -0.484 e. The Bertz CT molecular complexity index is 666. The molecule has 20 heavy (non-hydrogen) atoms. The number of ether oxygens (including phenoxy) is 1. The minimum atomic E-state index is -1.17. The van der Waals surface area contributed by atoms with Crippen molar-refractivity contribution >= 4 is 27.6 Å². The second-order valence-corrected chi connectivity index (χ2v) is 4.50. The lowest BCUT2D eigenvalue weighted by Gasteiger charge is -2.06. The number of nitrogens with zero attached hydrogens (tertiary/aromatic N) is 1. The van der Waals surface area contributed by atoms with Crippen molar-refractivity contribution in [1.29, 1.82) is 0 Å². The number of carbonyl (C=O) groups is 1. The van der Waals surface area contributed by atoms with Gasteiger partial charge in [0.2, 0.25) is 5.76 Å². The largest absolute Gasteiger partial charge is 0.484 e. The zero-order valence-corrected chi connectivity index (χ0v) is 11.5. The molecule has 0 aliphatic carbocycles. The highest BCUT2D eigenvalue weighted by Gasteiger charge is 2.16. The molecular weight excluding hydrogens is 334 g/mol. The predicted molar refractivity (Wildman–Crippen MR) is 70.8 cm³/mol. The van der Waals surface area contributed by atoms with E-state index in [4.69, 9.17) is 14.3 Å². The molecule has 0 bridgehead atoms. The molecule has 2 aromatic rings. The summed E-state index contributed by atoms with van der Waals surface area (Å²) in [5.41, 5.74) is -0.117. The van der Waals surface area contributed by atoms with Crippen LogP contribution in [0.4, 0.5) is 5.69 Å². The van der Waals surface area contributed by atoms with Crippen LogP contribution in [0.2, 0.25) is 0 Å². The van der Waals surface area contributed by atoms with Crippen LogP contribution in [-0.4, -0.2) is 16.0 Å². The number of furan rings is 1. The molecule has 0 aliphatic rings. The Hall–Kier alpha value is -2.35. The number of hydrogen-bond donors (Lipinski definition) is 1. The number of carboxylic acid groups (broad SMARTS) is 1. The highest BCUT2D eigenvalue weighted by atomic mass is 79.9. The van der Waals surface area contributed by atoms with Crippen LogP contribution in [0, 0.1) is 10.1 Å². The number of hydrogen-bond acceptors (Lipinski definition) is 5. The summed E-state index contributed by atoms with van der Waals surface area (Å²) in [7, 11) is 0. The van der Waals surface area contributed by atoms with Crippen molar-refractivity contribution in [3.05, 3.63) is 56.4 Å². The van der Waals surface area contributed by atoms with Crippen molar-refractivity contribution < 1.29 is 24.0 Å². The fraction of sp³-hybridized carbons (Fsp3) is 0.0833. The average Bonchev–Trinajstić information content (AvgIpc) is 2.86. The van der Waals surface area contributed by atoms with Gasteiger partial charge in [-0.1, -0.05) is 6.07 Å². The third kappa shape index (κ3) is 2.97. The topological polar surface area (TPSA) is 103 Å². The summed E-state index contributed by atoms with van der Waals surface area (Å²) in [5, 5.41) is 19.5. The van der Waals surface area contributed by atoms with E-state index in [0.29, 0.717) is 5.76 Å². The summed E-state index contributed by atoms with van der Waals surface area (Å²) < 4.78 is 10.6. The number of carboxylic acids is 1. The number of aromatic carboxylic acids is 1. The highest BCUT2D eigenvalue weighted by Crippen LogP contribution is 2.34. The maximum absolute atomic E-state index is 10.8. The molecule has 0 spiro atoms. The first-order valence-electron chi connectivity index (χ1n) is 5.36. The normalized spacial score (nSPS) is 10.2. The third-order valence-corrected chi connectivity index (χ3v) is 3.18. The lowest BCUT2D eigenvalue weighted by atomic mass is 10.3. The quantitative estimate of drug-likeness (QED) is 0.661. The predicted octanol–water partition coefficient (Wildman–Crippen LogP) is 3.23. The van der Waals surface area contributed by atoms with Crippen molar-refractivity contribution in [1.82, 2.24) is 0 Å². The summed E-state index contributed by atoms with van der Waals surface area (Å²) in [6.07, 6.45) is 0. The van der Waals surface area contributed by atoms with E-state index in [1.54, 1.807) is 6.07 Å². The van der Waals surface area contributed by atoms with Crippen LogP contribution in [0.3, 0.4) is 0 Å². The first kappa shape index (κ1) is 14.1. The molecule has 0 aliphatic heterocycles. The maximum Gasteiger partial charge on any atom is 0.371 e. The molecule has 0 fully saturated rings. The van der Waals surface area contributed by atoms with E-state index < -0.39 is 10.9 Å². The molecule has 0 atom stereocenters. The van der Waals surface area contributed by atoms with Crippen LogP contribution in [0.1, 0.15) is 16.3 Å². The first-order chi connectivity index (χ1) is 9.49. The number of rotatable bonds is 5. The van der Waals surface area contributed by atoms with Crippen molar-refractivity contribution in [2.24, 2.45) is 0 Å². The standard InChI is InChI=1S/C12H8BrNO6/c13-11-8(14(17)18)2-1-3-9(11)19-6-7-4-5-10(20-7)12(15)16/h1-5H,6H2,(H,15,16). The fourth-order valence-corrected chi connectivity index (χ4v) is 1.99. The van der Waals surface area contributed by atoms with Gasteiger partial charge in [0.05, 0.1) is 4.92 Å². The molecule has 0 radical (unpaired) electrons. The zero-order chi connectivity index (χ0) is 14.7. The Labute approximate surface area is 121 Å². The molecule has 8 heteroatoms. The number of nitro groups is 1. The zero-order valence-electron chi connectivity index (χ0n) is 9.91. The van der Waals surface area contributed by atoms with E-state index in [0.717, 1.165) is 0 Å². The van der Waals surface area contributed by atoms with E-state index in [-0.39, 0.29) is 28.3 Å². The van der Waals surface area contributed by atoms with Crippen LogP contribution in [0.25, 0.3) is 0 Å². The fourth-order valence-electron chi connectivity index (χ4n) is 1.47. The Balaban J connectivity index is 2.12. The lowest BCUT2D eigenvalue weighted by Crippen LogP contribution is -1.97. The molecule has 0 saturated heterocycles. The molecule has 2 rings (SSSR count). The van der Waals surface area contributed by atoms with Crippen LogP contribution in [0.15, 0.2) is 39.2 Å². The van der Waals surface area contributed by atoms with Gasteiger partial charge >= 0.3 is 5.97 Å². The van der Waals surface area contributed by atoms with Crippen molar-refractivity contribution in [3.8, 4) is 5.75 Å². The second-order valence-electron chi connectivity index (χ2n) is 3.71. The van der Waals surface area contributed by atoms with E-state index in [1.807, 2.05) is 0 Å². The van der Waals surface area contributed by atoms with Gasteiger partial charge in [-0.2, -0.15) is 0 Å². The highest BCUT2D eigenvalue weighted by molar-refractivity contribution is 9.10. The van der Waals surface area contributed by atoms with E-state index in [9.17, 15) is 14.9 Å². The molecule has 1 aromatic heterocycles. The molecule has 1 heterocycles. The lowest BCUT2D eigenvalue weighted by molar-refractivity contribution is -0.385. The molecule has 104 valence electrons. The summed E-state index contributed by atoms with van der Waals surface area (Å²) in [6, 6.07) is 7.16. The van der Waals surface area contributed by atoms with Crippen LogP contribution in [0.5, 0.6) is 5.75 Å². The minimum absolute atomic E-state index is 0.0347. The Morgan fingerprint density at radius 3 is 2.75 bits per heavy atom. The van der Waals surface area contributed by atoms with E-state index >= 15 is 0 Å². The summed E-state index contributed by atoms with van der Waals surface area (Å²) in [6.45, 7) is -0.0347. The van der Waals surface area contributed by atoms with Gasteiger partial charge in [-0.05, 0) is 34.1 Å². The Morgan fingerprint density at radius 1 is 1.40 bits per heavy atom. The maximum atomic E-state index is 10.8. The molecule has 7 nitrogen and oxygen atoms in total. The van der Waals surface area contributed by atoms with Crippen molar-refractivity contribution in [2.45, 2.75) is 6.61 Å². The monoisotopic (exact) mass is 341 g/mol. The molecule has 0 unspecified atom stereocenters. The summed E-state index contributed by atoms with van der Waals surface area (Å²) in [5.74, 6) is -0.789. The van der Waals surface area contributed by atoms with Crippen LogP contribution < -0.4 is 4.74 Å². The molecule has 1 aromatic carbocycles. The SMILES string of the molecule is O=C(O)c1ccc(COc2cccc([N+](=O)[O-])c2Br)o1. The number of halogens is 1. The van der Waals surface area contributed by atoms with Gasteiger partial charge in [0, 0.05) is 6.07 Å². The molecular formula is C12H8BrNO6. The average molecular weight is 342 g/mol. The van der Waals surface area contributed by atoms with Gasteiger partial charge in [-0.25, -0.2) is 4.79 Å².